The van der Waals surface area contributed by atoms with E-state index in [1.54, 1.807) is 17.8 Å². The lowest BCUT2D eigenvalue weighted by atomic mass is 10.2. The summed E-state index contributed by atoms with van der Waals surface area (Å²) in [5.74, 6) is 3.89. The Kier molecular flexibility index (Phi) is 6.35. The molecule has 0 saturated heterocycles. The third-order valence-corrected chi connectivity index (χ3v) is 6.48. The van der Waals surface area contributed by atoms with Gasteiger partial charge in [-0.1, -0.05) is 31.2 Å². The smallest absolute Gasteiger partial charge is 0.132 e. The first-order valence-electron chi connectivity index (χ1n) is 8.21. The maximum Gasteiger partial charge on any atom is 0.132 e. The average Bonchev–Trinajstić information content (AvgIpc) is 2.82. The van der Waals surface area contributed by atoms with Crippen LogP contribution in [0.2, 0.25) is 0 Å². The molecule has 1 heterocycles. The van der Waals surface area contributed by atoms with Crippen LogP contribution >= 0.6 is 23.5 Å². The van der Waals surface area contributed by atoms with Gasteiger partial charge in [0.2, 0.25) is 0 Å². The van der Waals surface area contributed by atoms with Crippen LogP contribution in [0.15, 0.2) is 58.3 Å². The zero-order chi connectivity index (χ0) is 16.8. The molecule has 3 rings (SSSR count). The second-order valence-corrected chi connectivity index (χ2v) is 8.18. The summed E-state index contributed by atoms with van der Waals surface area (Å²) in [5, 5.41) is 13.4. The van der Waals surface area contributed by atoms with Crippen molar-refractivity contribution in [2.24, 2.45) is 5.92 Å². The van der Waals surface area contributed by atoms with Crippen molar-refractivity contribution < 1.29 is 9.84 Å². The molecule has 2 aromatic rings. The number of thioether (sulfide) groups is 2. The summed E-state index contributed by atoms with van der Waals surface area (Å²) in [4.78, 5) is 2.18. The number of ether oxygens (including phenoxy) is 1. The van der Waals surface area contributed by atoms with Crippen LogP contribution in [0, 0.1) is 5.92 Å². The van der Waals surface area contributed by atoms with Gasteiger partial charge in [-0.15, -0.1) is 23.5 Å². The normalized spacial score (nSPS) is 18.3. The standard InChI is InChI=1S/C19H23NO2S2/c1-14(12-23-18-8-4-2-6-16(18)21)10-20-15-11-22-17-7-3-5-9-19(17)24-13-15/h2-9,14-15,20-21H,10-13H2,1H3/t14-,15+/m0/s1. The number of benzene rings is 2. The second-order valence-electron chi connectivity index (χ2n) is 6.06. The molecule has 0 aromatic heterocycles. The summed E-state index contributed by atoms with van der Waals surface area (Å²) in [6, 6.07) is 16.1. The van der Waals surface area contributed by atoms with E-state index in [2.05, 4.69) is 24.4 Å². The van der Waals surface area contributed by atoms with Crippen LogP contribution < -0.4 is 10.1 Å². The van der Waals surface area contributed by atoms with Crippen molar-refractivity contribution in [3.63, 3.8) is 0 Å². The van der Waals surface area contributed by atoms with E-state index in [1.165, 1.54) is 4.90 Å². The molecule has 0 unspecified atom stereocenters. The van der Waals surface area contributed by atoms with E-state index < -0.39 is 0 Å². The summed E-state index contributed by atoms with van der Waals surface area (Å²) < 4.78 is 5.92. The maximum atomic E-state index is 9.82. The van der Waals surface area contributed by atoms with Crippen molar-refractivity contribution in [3.05, 3.63) is 48.5 Å². The Bertz CT molecular complexity index is 638. The van der Waals surface area contributed by atoms with Gasteiger partial charge in [-0.2, -0.15) is 0 Å². The number of phenolic OH excluding ortho intramolecular Hbond substituents is 1. The molecule has 2 N–H and O–H groups in total. The van der Waals surface area contributed by atoms with E-state index >= 15 is 0 Å². The van der Waals surface area contributed by atoms with E-state index in [0.717, 1.165) is 28.7 Å². The zero-order valence-electron chi connectivity index (χ0n) is 13.8. The zero-order valence-corrected chi connectivity index (χ0v) is 15.4. The van der Waals surface area contributed by atoms with Gasteiger partial charge in [0.15, 0.2) is 0 Å². The van der Waals surface area contributed by atoms with Crippen molar-refractivity contribution in [2.45, 2.75) is 22.8 Å². The molecule has 3 nitrogen and oxygen atoms in total. The van der Waals surface area contributed by atoms with Gasteiger partial charge in [0.1, 0.15) is 18.1 Å². The fourth-order valence-electron chi connectivity index (χ4n) is 2.47. The molecule has 0 aliphatic carbocycles. The highest BCUT2D eigenvalue weighted by Gasteiger charge is 2.17. The Morgan fingerprint density at radius 2 is 2.04 bits per heavy atom. The monoisotopic (exact) mass is 361 g/mol. The van der Waals surface area contributed by atoms with Crippen LogP contribution in [-0.4, -0.2) is 35.8 Å². The lowest BCUT2D eigenvalue weighted by Gasteiger charge is -2.19. The molecular weight excluding hydrogens is 338 g/mol. The quantitative estimate of drug-likeness (QED) is 0.752. The predicted octanol–water partition coefficient (Wildman–Crippen LogP) is 4.26. The number of nitrogens with one attached hydrogen (secondary N) is 1. The molecule has 128 valence electrons. The van der Waals surface area contributed by atoms with Crippen molar-refractivity contribution in [2.75, 3.05) is 24.7 Å². The van der Waals surface area contributed by atoms with Gasteiger partial charge in [0.25, 0.3) is 0 Å². The van der Waals surface area contributed by atoms with Crippen molar-refractivity contribution >= 4 is 23.5 Å². The molecule has 0 radical (unpaired) electrons. The summed E-state index contributed by atoms with van der Waals surface area (Å²) >= 11 is 3.56. The third-order valence-electron chi connectivity index (χ3n) is 3.87. The Morgan fingerprint density at radius 3 is 2.92 bits per heavy atom. The highest BCUT2D eigenvalue weighted by molar-refractivity contribution is 7.99. The molecule has 24 heavy (non-hydrogen) atoms. The minimum Gasteiger partial charge on any atom is -0.507 e. The van der Waals surface area contributed by atoms with Gasteiger partial charge < -0.3 is 15.2 Å². The summed E-state index contributed by atoms with van der Waals surface area (Å²) in [7, 11) is 0. The summed E-state index contributed by atoms with van der Waals surface area (Å²) in [6.07, 6.45) is 0. The molecule has 0 bridgehead atoms. The highest BCUT2D eigenvalue weighted by atomic mass is 32.2. The first kappa shape index (κ1) is 17.5. The fraction of sp³-hybridized carbons (Fsp3) is 0.368. The van der Waals surface area contributed by atoms with E-state index in [9.17, 15) is 5.11 Å². The number of rotatable bonds is 6. The molecule has 1 aliphatic heterocycles. The van der Waals surface area contributed by atoms with Crippen LogP contribution in [0.5, 0.6) is 11.5 Å². The molecule has 0 saturated carbocycles. The Balaban J connectivity index is 1.42. The van der Waals surface area contributed by atoms with Crippen molar-refractivity contribution in [1.29, 1.82) is 0 Å². The van der Waals surface area contributed by atoms with Gasteiger partial charge in [0, 0.05) is 21.3 Å². The largest absolute Gasteiger partial charge is 0.507 e. The minimum absolute atomic E-state index is 0.361. The van der Waals surface area contributed by atoms with Crippen LogP contribution in [0.4, 0.5) is 0 Å². The van der Waals surface area contributed by atoms with Gasteiger partial charge in [-0.25, -0.2) is 0 Å². The van der Waals surface area contributed by atoms with Crippen LogP contribution in [0.3, 0.4) is 0 Å². The SMILES string of the molecule is C[C@@H](CN[C@@H]1COc2ccccc2SC1)CSc1ccccc1O. The number of phenols is 1. The summed E-state index contributed by atoms with van der Waals surface area (Å²) in [6.45, 7) is 3.90. The predicted molar refractivity (Wildman–Crippen MR) is 102 cm³/mol. The van der Waals surface area contributed by atoms with Crippen molar-refractivity contribution in [1.82, 2.24) is 5.32 Å². The van der Waals surface area contributed by atoms with Gasteiger partial charge in [0.05, 0.1) is 6.04 Å². The van der Waals surface area contributed by atoms with E-state index in [1.807, 2.05) is 42.1 Å². The van der Waals surface area contributed by atoms with Crippen LogP contribution in [0.1, 0.15) is 6.92 Å². The molecule has 0 amide bonds. The van der Waals surface area contributed by atoms with E-state index in [4.69, 9.17) is 4.74 Å². The lowest BCUT2D eigenvalue weighted by molar-refractivity contribution is 0.270. The fourth-order valence-corrected chi connectivity index (χ4v) is 4.48. The van der Waals surface area contributed by atoms with Crippen molar-refractivity contribution in [3.8, 4) is 11.5 Å². The molecule has 2 atom stereocenters. The van der Waals surface area contributed by atoms with Crippen LogP contribution in [-0.2, 0) is 0 Å². The van der Waals surface area contributed by atoms with Crippen LogP contribution in [0.25, 0.3) is 0 Å². The number of hydrogen-bond donors (Lipinski definition) is 2. The summed E-state index contributed by atoms with van der Waals surface area (Å²) in [5.41, 5.74) is 0. The van der Waals surface area contributed by atoms with E-state index in [-0.39, 0.29) is 0 Å². The number of para-hydroxylation sites is 2. The topological polar surface area (TPSA) is 41.5 Å². The first-order valence-corrected chi connectivity index (χ1v) is 10.2. The minimum atomic E-state index is 0.361. The second kappa shape index (κ2) is 8.70. The Hall–Kier alpha value is -1.30. The maximum absolute atomic E-state index is 9.82. The average molecular weight is 362 g/mol. The Morgan fingerprint density at radius 1 is 1.25 bits per heavy atom. The molecule has 0 fully saturated rings. The number of hydrogen-bond acceptors (Lipinski definition) is 5. The highest BCUT2D eigenvalue weighted by Crippen LogP contribution is 2.32. The lowest BCUT2D eigenvalue weighted by Crippen LogP contribution is -2.39. The molecular formula is C19H23NO2S2. The third kappa shape index (κ3) is 4.85. The van der Waals surface area contributed by atoms with E-state index in [0.29, 0.717) is 24.3 Å². The number of aromatic hydroxyl groups is 1. The molecule has 5 heteroatoms. The first-order chi connectivity index (χ1) is 11.7. The molecule has 0 spiro atoms. The number of fused-ring (bicyclic) bond motifs is 1. The van der Waals surface area contributed by atoms with Gasteiger partial charge in [-0.05, 0) is 36.7 Å². The Labute approximate surface area is 152 Å². The molecule has 1 aliphatic rings. The van der Waals surface area contributed by atoms with Gasteiger partial charge in [-0.3, -0.25) is 0 Å². The van der Waals surface area contributed by atoms with Gasteiger partial charge >= 0.3 is 0 Å². The molecule has 2 aromatic carbocycles.